The molecule has 5 nitrogen and oxygen atoms in total. The monoisotopic (exact) mass is 481 g/mol. The van der Waals surface area contributed by atoms with Crippen molar-refractivity contribution in [3.63, 3.8) is 0 Å². The molecule has 1 aromatic carbocycles. The zero-order valence-corrected chi connectivity index (χ0v) is 19.3. The van der Waals surface area contributed by atoms with Gasteiger partial charge in [0.05, 0.1) is 5.75 Å². The number of guanidine groups is 1. The molecule has 0 radical (unpaired) electrons. The lowest BCUT2D eigenvalue weighted by Crippen LogP contribution is -2.43. The number of rotatable bonds is 7. The molecule has 0 heterocycles. The zero-order valence-electron chi connectivity index (χ0n) is 16.2. The molecule has 0 fully saturated rings. The van der Waals surface area contributed by atoms with Crippen molar-refractivity contribution in [2.24, 2.45) is 10.4 Å². The molecule has 0 bridgehead atoms. The van der Waals surface area contributed by atoms with Crippen LogP contribution in [0.3, 0.4) is 0 Å². The molecule has 0 aliphatic rings. The Morgan fingerprint density at radius 3 is 2.40 bits per heavy atom. The van der Waals surface area contributed by atoms with Gasteiger partial charge in [-0.25, -0.2) is 8.42 Å². The number of sulfone groups is 1. The van der Waals surface area contributed by atoms with E-state index in [-0.39, 0.29) is 35.1 Å². The highest BCUT2D eigenvalue weighted by Crippen LogP contribution is 2.20. The molecule has 0 aliphatic heterocycles. The first kappa shape index (κ1) is 24.2. The molecule has 144 valence electrons. The zero-order chi connectivity index (χ0) is 18.4. The summed E-state index contributed by atoms with van der Waals surface area (Å²) in [5.74, 6) is 1.02. The van der Waals surface area contributed by atoms with Gasteiger partial charge >= 0.3 is 0 Å². The third kappa shape index (κ3) is 9.44. The summed E-state index contributed by atoms with van der Waals surface area (Å²) in [5, 5.41) is 3.37. The predicted octanol–water partition coefficient (Wildman–Crippen LogP) is 3.08. The molecule has 1 aromatic rings. The van der Waals surface area contributed by atoms with Gasteiger partial charge < -0.3 is 10.2 Å². The Kier molecular flexibility index (Phi) is 10.0. The summed E-state index contributed by atoms with van der Waals surface area (Å²) >= 11 is 0. The van der Waals surface area contributed by atoms with Crippen LogP contribution in [0.2, 0.25) is 0 Å². The highest BCUT2D eigenvalue weighted by Gasteiger charge is 2.21. The van der Waals surface area contributed by atoms with Crippen LogP contribution in [0.5, 0.6) is 0 Å². The molecule has 7 heteroatoms. The Morgan fingerprint density at radius 1 is 1.28 bits per heavy atom. The molecule has 0 atom stereocenters. The molecule has 0 saturated carbocycles. The average Bonchev–Trinajstić information content (AvgIpc) is 2.48. The smallest absolute Gasteiger partial charge is 0.193 e. The summed E-state index contributed by atoms with van der Waals surface area (Å²) in [6, 6.07) is 8.31. The van der Waals surface area contributed by atoms with Crippen LogP contribution in [0, 0.1) is 12.3 Å². The first-order valence-electron chi connectivity index (χ1n) is 8.18. The fourth-order valence-corrected chi connectivity index (χ4v) is 3.29. The van der Waals surface area contributed by atoms with E-state index in [0.717, 1.165) is 12.5 Å². The van der Waals surface area contributed by atoms with Gasteiger partial charge in [-0.15, -0.1) is 24.0 Å². The van der Waals surface area contributed by atoms with E-state index < -0.39 is 9.84 Å². The highest BCUT2D eigenvalue weighted by atomic mass is 127. The van der Waals surface area contributed by atoms with Crippen LogP contribution in [0.4, 0.5) is 0 Å². The van der Waals surface area contributed by atoms with Crippen LogP contribution in [0.15, 0.2) is 29.3 Å². The standard InChI is InChI=1S/C18H31N3O2S.HI/c1-15-9-7-8-10-16(15)13-21(5)17(19-4)20-14-18(2,3)11-12-24(6,22)23;/h7-10H,11-14H2,1-6H3,(H,19,20);1H. The van der Waals surface area contributed by atoms with Crippen molar-refractivity contribution in [1.29, 1.82) is 0 Å². The number of aliphatic imine (C=N–C) groups is 1. The second-order valence-electron chi connectivity index (χ2n) is 7.23. The SMILES string of the molecule is CN=C(NCC(C)(C)CCS(C)(=O)=O)N(C)Cc1ccccc1C.I. The predicted molar refractivity (Wildman–Crippen MR) is 118 cm³/mol. The summed E-state index contributed by atoms with van der Waals surface area (Å²) in [5.41, 5.74) is 2.40. The van der Waals surface area contributed by atoms with Gasteiger partial charge in [-0.05, 0) is 29.9 Å². The normalized spacial score (nSPS) is 12.5. The average molecular weight is 481 g/mol. The fraction of sp³-hybridized carbons (Fsp3) is 0.611. The second kappa shape index (κ2) is 10.4. The lowest BCUT2D eigenvalue weighted by Gasteiger charge is -2.29. The molecular weight excluding hydrogens is 449 g/mol. The maximum atomic E-state index is 11.4. The first-order valence-corrected chi connectivity index (χ1v) is 10.2. The lowest BCUT2D eigenvalue weighted by molar-refractivity contribution is 0.340. The summed E-state index contributed by atoms with van der Waals surface area (Å²) in [6.45, 7) is 7.69. The minimum Gasteiger partial charge on any atom is -0.356 e. The number of nitrogens with one attached hydrogen (secondary N) is 1. The Labute approximate surface area is 170 Å². The summed E-state index contributed by atoms with van der Waals surface area (Å²) in [7, 11) is 0.838. The van der Waals surface area contributed by atoms with Gasteiger partial charge in [-0.2, -0.15) is 0 Å². The van der Waals surface area contributed by atoms with Crippen LogP contribution in [-0.4, -0.2) is 51.9 Å². The van der Waals surface area contributed by atoms with E-state index in [1.807, 2.05) is 19.2 Å². The molecule has 0 spiro atoms. The maximum absolute atomic E-state index is 11.4. The molecule has 0 amide bonds. The van der Waals surface area contributed by atoms with E-state index >= 15 is 0 Å². The molecule has 0 unspecified atom stereocenters. The van der Waals surface area contributed by atoms with Crippen molar-refractivity contribution >= 4 is 39.8 Å². The lowest BCUT2D eigenvalue weighted by atomic mass is 9.90. The van der Waals surface area contributed by atoms with E-state index in [1.165, 1.54) is 17.4 Å². The molecule has 25 heavy (non-hydrogen) atoms. The minimum absolute atomic E-state index is 0. The quantitative estimate of drug-likeness (QED) is 0.370. The first-order chi connectivity index (χ1) is 11.0. The summed E-state index contributed by atoms with van der Waals surface area (Å²) < 4.78 is 22.7. The maximum Gasteiger partial charge on any atom is 0.193 e. The molecule has 0 saturated heterocycles. The molecular formula is C18H32IN3O2S. The Hall–Kier alpha value is -0.830. The van der Waals surface area contributed by atoms with Gasteiger partial charge in [0.1, 0.15) is 9.84 Å². The van der Waals surface area contributed by atoms with Crippen LogP contribution in [-0.2, 0) is 16.4 Å². The van der Waals surface area contributed by atoms with Crippen molar-refractivity contribution in [1.82, 2.24) is 10.2 Å². The van der Waals surface area contributed by atoms with Gasteiger partial charge in [0.15, 0.2) is 5.96 Å². The Morgan fingerprint density at radius 2 is 1.88 bits per heavy atom. The van der Waals surface area contributed by atoms with Crippen LogP contribution in [0.1, 0.15) is 31.4 Å². The van der Waals surface area contributed by atoms with Crippen LogP contribution < -0.4 is 5.32 Å². The van der Waals surface area contributed by atoms with Crippen molar-refractivity contribution in [2.45, 2.75) is 33.7 Å². The van der Waals surface area contributed by atoms with E-state index in [1.54, 1.807) is 7.05 Å². The number of halogens is 1. The number of hydrogen-bond acceptors (Lipinski definition) is 3. The number of aryl methyl sites for hydroxylation is 1. The van der Waals surface area contributed by atoms with E-state index in [2.05, 4.69) is 48.1 Å². The van der Waals surface area contributed by atoms with Crippen molar-refractivity contribution in [3.05, 3.63) is 35.4 Å². The highest BCUT2D eigenvalue weighted by molar-refractivity contribution is 14.0. The van der Waals surface area contributed by atoms with Gasteiger partial charge in [0, 0.05) is 33.4 Å². The Balaban J connectivity index is 0.00000576. The fourth-order valence-electron chi connectivity index (χ4n) is 2.37. The Bertz CT molecular complexity index is 673. The number of benzene rings is 1. The summed E-state index contributed by atoms with van der Waals surface area (Å²) in [6.07, 6.45) is 1.91. The summed E-state index contributed by atoms with van der Waals surface area (Å²) in [4.78, 5) is 6.42. The van der Waals surface area contributed by atoms with E-state index in [4.69, 9.17) is 0 Å². The van der Waals surface area contributed by atoms with Crippen LogP contribution >= 0.6 is 24.0 Å². The van der Waals surface area contributed by atoms with Crippen LogP contribution in [0.25, 0.3) is 0 Å². The van der Waals surface area contributed by atoms with Gasteiger partial charge in [-0.3, -0.25) is 4.99 Å². The molecule has 1 rings (SSSR count). The second-order valence-corrected chi connectivity index (χ2v) is 9.49. The third-order valence-electron chi connectivity index (χ3n) is 4.12. The molecule has 1 N–H and O–H groups in total. The number of nitrogens with zero attached hydrogens (tertiary/aromatic N) is 2. The molecule has 0 aromatic heterocycles. The van der Waals surface area contributed by atoms with Crippen molar-refractivity contribution in [3.8, 4) is 0 Å². The largest absolute Gasteiger partial charge is 0.356 e. The third-order valence-corrected chi connectivity index (χ3v) is 5.06. The van der Waals surface area contributed by atoms with E-state index in [0.29, 0.717) is 13.0 Å². The molecule has 0 aliphatic carbocycles. The van der Waals surface area contributed by atoms with E-state index in [9.17, 15) is 8.42 Å². The minimum atomic E-state index is -2.93. The number of hydrogen-bond donors (Lipinski definition) is 1. The van der Waals surface area contributed by atoms with Crippen molar-refractivity contribution in [2.75, 3.05) is 32.6 Å². The van der Waals surface area contributed by atoms with Crippen molar-refractivity contribution < 1.29 is 8.42 Å². The van der Waals surface area contributed by atoms with Gasteiger partial charge in [0.2, 0.25) is 0 Å². The topological polar surface area (TPSA) is 61.8 Å². The van der Waals surface area contributed by atoms with Gasteiger partial charge in [0.25, 0.3) is 0 Å². The van der Waals surface area contributed by atoms with Gasteiger partial charge in [-0.1, -0.05) is 38.1 Å².